The first-order valence-electron chi connectivity index (χ1n) is 5.42. The summed E-state index contributed by atoms with van der Waals surface area (Å²) in [7, 11) is 0. The predicted octanol–water partition coefficient (Wildman–Crippen LogP) is -0.0273. The van der Waals surface area contributed by atoms with E-state index in [0.29, 0.717) is 19.1 Å². The van der Waals surface area contributed by atoms with Crippen molar-refractivity contribution in [1.29, 1.82) is 0 Å². The van der Waals surface area contributed by atoms with Crippen molar-refractivity contribution in [3.63, 3.8) is 0 Å². The molecule has 0 aromatic carbocycles. The van der Waals surface area contributed by atoms with E-state index in [1.165, 1.54) is 0 Å². The van der Waals surface area contributed by atoms with Crippen LogP contribution in [0.5, 0.6) is 0 Å². The van der Waals surface area contributed by atoms with Gasteiger partial charge in [-0.1, -0.05) is 6.92 Å². The van der Waals surface area contributed by atoms with Gasteiger partial charge in [-0.05, 0) is 0 Å². The first-order valence-corrected chi connectivity index (χ1v) is 5.42. The van der Waals surface area contributed by atoms with Gasteiger partial charge >= 0.3 is 11.9 Å². The van der Waals surface area contributed by atoms with Crippen molar-refractivity contribution in [2.45, 2.75) is 25.2 Å². The first-order chi connectivity index (χ1) is 8.08. The third-order valence-corrected chi connectivity index (χ3v) is 2.89. The van der Waals surface area contributed by atoms with Crippen LogP contribution in [0.1, 0.15) is 6.92 Å². The Morgan fingerprint density at radius 1 is 1.24 bits per heavy atom. The normalized spacial score (nSPS) is 36.1. The molecule has 0 aromatic rings. The summed E-state index contributed by atoms with van der Waals surface area (Å²) in [5.41, 5.74) is 0. The maximum absolute atomic E-state index is 11.3. The van der Waals surface area contributed by atoms with Gasteiger partial charge in [0, 0.05) is 18.1 Å². The standard InChI is InChI=1S/C11H14O6/c1-6-4-15-11-7(5-16-10(6)11)17-9(14)3-2-8(12)13/h2-3,6-7,10-11H,4-5H2,1H3,(H,12,13)/t6-,7-,10-,11-/m1/s1. The van der Waals surface area contributed by atoms with Gasteiger partial charge in [0.2, 0.25) is 0 Å². The van der Waals surface area contributed by atoms with E-state index < -0.39 is 18.0 Å². The minimum Gasteiger partial charge on any atom is -0.478 e. The molecule has 17 heavy (non-hydrogen) atoms. The Labute approximate surface area is 98.1 Å². The molecule has 1 N–H and O–H groups in total. The van der Waals surface area contributed by atoms with Crippen LogP contribution in [-0.4, -0.2) is 48.6 Å². The monoisotopic (exact) mass is 242 g/mol. The van der Waals surface area contributed by atoms with Crippen LogP contribution < -0.4 is 0 Å². The lowest BCUT2D eigenvalue weighted by Gasteiger charge is -2.15. The molecule has 94 valence electrons. The number of hydrogen-bond acceptors (Lipinski definition) is 5. The summed E-state index contributed by atoms with van der Waals surface area (Å²) in [5.74, 6) is -1.59. The molecule has 0 saturated carbocycles. The molecule has 6 nitrogen and oxygen atoms in total. The fourth-order valence-electron chi connectivity index (χ4n) is 2.08. The second kappa shape index (κ2) is 4.85. The fourth-order valence-corrected chi connectivity index (χ4v) is 2.08. The molecular formula is C11H14O6. The van der Waals surface area contributed by atoms with Crippen LogP contribution in [-0.2, 0) is 23.8 Å². The lowest BCUT2D eigenvalue weighted by molar-refractivity contribution is -0.148. The summed E-state index contributed by atoms with van der Waals surface area (Å²) < 4.78 is 16.1. The highest BCUT2D eigenvalue weighted by Crippen LogP contribution is 2.32. The topological polar surface area (TPSA) is 82.1 Å². The van der Waals surface area contributed by atoms with Gasteiger partial charge in [-0.25, -0.2) is 9.59 Å². The van der Waals surface area contributed by atoms with Gasteiger partial charge in [0.25, 0.3) is 0 Å². The van der Waals surface area contributed by atoms with Crippen molar-refractivity contribution < 1.29 is 28.9 Å². The van der Waals surface area contributed by atoms with Crippen LogP contribution in [0.3, 0.4) is 0 Å². The molecule has 0 aliphatic carbocycles. The number of esters is 1. The molecule has 2 heterocycles. The first kappa shape index (κ1) is 12.1. The second-order valence-electron chi connectivity index (χ2n) is 4.22. The lowest BCUT2D eigenvalue weighted by Crippen LogP contribution is -2.32. The van der Waals surface area contributed by atoms with E-state index in [0.717, 1.165) is 12.2 Å². The Kier molecular flexibility index (Phi) is 3.44. The third kappa shape index (κ3) is 2.65. The molecule has 0 radical (unpaired) electrons. The molecule has 2 rings (SSSR count). The van der Waals surface area contributed by atoms with Gasteiger partial charge in [0.1, 0.15) is 6.10 Å². The Morgan fingerprint density at radius 2 is 1.94 bits per heavy atom. The van der Waals surface area contributed by atoms with Gasteiger partial charge in [-0.15, -0.1) is 0 Å². The van der Waals surface area contributed by atoms with Gasteiger partial charge in [-0.3, -0.25) is 0 Å². The number of hydrogen-bond donors (Lipinski definition) is 1. The van der Waals surface area contributed by atoms with Crippen LogP contribution in [0, 0.1) is 5.92 Å². The van der Waals surface area contributed by atoms with Gasteiger partial charge in [-0.2, -0.15) is 0 Å². The predicted molar refractivity (Wildman–Crippen MR) is 55.3 cm³/mol. The molecule has 2 aliphatic heterocycles. The van der Waals surface area contributed by atoms with E-state index >= 15 is 0 Å². The van der Waals surface area contributed by atoms with Gasteiger partial charge in [0.05, 0.1) is 19.3 Å². The summed E-state index contributed by atoms with van der Waals surface area (Å²) in [4.78, 5) is 21.5. The SMILES string of the molecule is C[C@@H]1CO[C@H]2[C@@H]1OC[C@H]2OC(=O)C=CC(=O)O. The van der Waals surface area contributed by atoms with E-state index in [2.05, 4.69) is 0 Å². The smallest absolute Gasteiger partial charge is 0.331 e. The number of fused-ring (bicyclic) bond motifs is 1. The molecule has 6 heteroatoms. The van der Waals surface area contributed by atoms with Crippen LogP contribution >= 0.6 is 0 Å². The van der Waals surface area contributed by atoms with Crippen molar-refractivity contribution in [3.05, 3.63) is 12.2 Å². The molecule has 0 spiro atoms. The maximum atomic E-state index is 11.3. The number of carboxylic acid groups (broad SMARTS) is 1. The van der Waals surface area contributed by atoms with E-state index in [1.54, 1.807) is 0 Å². The highest BCUT2D eigenvalue weighted by molar-refractivity contribution is 5.90. The minimum absolute atomic E-state index is 0.0312. The molecule has 4 atom stereocenters. The van der Waals surface area contributed by atoms with Crippen molar-refractivity contribution in [3.8, 4) is 0 Å². The number of aliphatic carboxylic acids is 1. The zero-order chi connectivity index (χ0) is 12.4. The van der Waals surface area contributed by atoms with E-state index in [-0.39, 0.29) is 12.2 Å². The average molecular weight is 242 g/mol. The third-order valence-electron chi connectivity index (χ3n) is 2.89. The summed E-state index contributed by atoms with van der Waals surface area (Å²) in [5, 5.41) is 8.36. The van der Waals surface area contributed by atoms with E-state index in [1.807, 2.05) is 6.92 Å². The number of carbonyl (C=O) groups excluding carboxylic acids is 1. The summed E-state index contributed by atoms with van der Waals surface area (Å²) in [6.07, 6.45) is 0.918. The zero-order valence-corrected chi connectivity index (χ0v) is 9.37. The van der Waals surface area contributed by atoms with Crippen LogP contribution in [0.25, 0.3) is 0 Å². The molecule has 2 fully saturated rings. The Balaban J connectivity index is 1.88. The van der Waals surface area contributed by atoms with Crippen molar-refractivity contribution in [1.82, 2.24) is 0 Å². The van der Waals surface area contributed by atoms with Crippen LogP contribution in [0.4, 0.5) is 0 Å². The van der Waals surface area contributed by atoms with Crippen LogP contribution in [0.15, 0.2) is 12.2 Å². The highest BCUT2D eigenvalue weighted by Gasteiger charge is 2.47. The largest absolute Gasteiger partial charge is 0.478 e. The Hall–Kier alpha value is -1.40. The molecule has 0 bridgehead atoms. The second-order valence-corrected chi connectivity index (χ2v) is 4.22. The maximum Gasteiger partial charge on any atom is 0.331 e. The van der Waals surface area contributed by atoms with E-state index in [4.69, 9.17) is 19.3 Å². The Bertz CT molecular complexity index is 350. The van der Waals surface area contributed by atoms with E-state index in [9.17, 15) is 9.59 Å². The molecule has 0 aromatic heterocycles. The van der Waals surface area contributed by atoms with Crippen molar-refractivity contribution in [2.24, 2.45) is 5.92 Å². The lowest BCUT2D eigenvalue weighted by atomic mass is 10.0. The number of carbonyl (C=O) groups is 2. The Morgan fingerprint density at radius 3 is 2.65 bits per heavy atom. The zero-order valence-electron chi connectivity index (χ0n) is 9.37. The molecular weight excluding hydrogens is 228 g/mol. The average Bonchev–Trinajstić information content (AvgIpc) is 2.81. The molecule has 0 amide bonds. The quantitative estimate of drug-likeness (QED) is 0.553. The number of carboxylic acids is 1. The fraction of sp³-hybridized carbons (Fsp3) is 0.636. The summed E-state index contributed by atoms with van der Waals surface area (Å²) in [6.45, 7) is 2.90. The minimum atomic E-state index is -1.19. The van der Waals surface area contributed by atoms with Crippen LogP contribution in [0.2, 0.25) is 0 Å². The summed E-state index contributed by atoms with van der Waals surface area (Å²) >= 11 is 0. The van der Waals surface area contributed by atoms with Gasteiger partial charge < -0.3 is 19.3 Å². The van der Waals surface area contributed by atoms with Crippen molar-refractivity contribution >= 4 is 11.9 Å². The molecule has 2 saturated heterocycles. The van der Waals surface area contributed by atoms with Gasteiger partial charge in [0.15, 0.2) is 6.10 Å². The molecule has 2 aliphatic rings. The highest BCUT2D eigenvalue weighted by atomic mass is 16.6. The molecule has 0 unspecified atom stereocenters. The number of rotatable bonds is 3. The van der Waals surface area contributed by atoms with Crippen molar-refractivity contribution in [2.75, 3.05) is 13.2 Å². The summed E-state index contributed by atoms with van der Waals surface area (Å²) in [6, 6.07) is 0. The number of ether oxygens (including phenoxy) is 3.